The summed E-state index contributed by atoms with van der Waals surface area (Å²) in [5.74, 6) is -2.68. The maximum atomic E-state index is 10.8. The predicted octanol–water partition coefficient (Wildman–Crippen LogP) is 2.19. The lowest BCUT2D eigenvalue weighted by molar-refractivity contribution is -0.382. The van der Waals surface area contributed by atoms with Crippen LogP contribution in [0.3, 0.4) is 0 Å². The van der Waals surface area contributed by atoms with Gasteiger partial charge in [-0.15, -0.1) is 0 Å². The van der Waals surface area contributed by atoms with Gasteiger partial charge in [0, 0.05) is 36.2 Å². The van der Waals surface area contributed by atoms with Crippen molar-refractivity contribution in [3.8, 4) is 0 Å². The molecule has 0 aromatic carbocycles. The van der Waals surface area contributed by atoms with Crippen LogP contribution in [0.15, 0.2) is 12.2 Å². The number of ether oxygens (including phenoxy) is 2. The van der Waals surface area contributed by atoms with E-state index in [9.17, 15) is 15.0 Å². The molecular weight excluding hydrogens is 324 g/mol. The molecule has 6 heteroatoms. The van der Waals surface area contributed by atoms with E-state index in [0.717, 1.165) is 12.5 Å². The van der Waals surface area contributed by atoms with E-state index in [2.05, 4.69) is 0 Å². The summed E-state index contributed by atoms with van der Waals surface area (Å²) in [5, 5.41) is 30.2. The monoisotopic (exact) mass is 356 g/mol. The second-order valence-corrected chi connectivity index (χ2v) is 7.76. The lowest BCUT2D eigenvalue weighted by Crippen LogP contribution is -2.64. The molecule has 6 nitrogen and oxygen atoms in total. The van der Waals surface area contributed by atoms with E-state index in [1.807, 2.05) is 34.6 Å². The van der Waals surface area contributed by atoms with Gasteiger partial charge in [-0.3, -0.25) is 0 Å². The van der Waals surface area contributed by atoms with Crippen LogP contribution in [0.4, 0.5) is 0 Å². The van der Waals surface area contributed by atoms with Gasteiger partial charge in [0.15, 0.2) is 5.79 Å². The van der Waals surface area contributed by atoms with Gasteiger partial charge in [-0.2, -0.15) is 0 Å². The van der Waals surface area contributed by atoms with Crippen LogP contribution in [-0.2, 0) is 14.3 Å². The molecule has 2 rings (SSSR count). The molecule has 2 heterocycles. The Morgan fingerprint density at radius 1 is 1.28 bits per heavy atom. The third kappa shape index (κ3) is 3.92. The van der Waals surface area contributed by atoms with Gasteiger partial charge in [0.25, 0.3) is 0 Å². The highest BCUT2D eigenvalue weighted by molar-refractivity contribution is 5.79. The first-order valence-corrected chi connectivity index (χ1v) is 9.25. The second kappa shape index (κ2) is 7.74. The quantitative estimate of drug-likeness (QED) is 0.668. The van der Waals surface area contributed by atoms with Crippen molar-refractivity contribution in [3.05, 3.63) is 12.2 Å². The molecule has 0 aromatic rings. The number of carboxylic acids is 1. The van der Waals surface area contributed by atoms with Crippen LogP contribution >= 0.6 is 0 Å². The summed E-state index contributed by atoms with van der Waals surface area (Å²) in [5.41, 5.74) is 0. The van der Waals surface area contributed by atoms with Crippen molar-refractivity contribution < 1.29 is 29.6 Å². The molecule has 2 aliphatic heterocycles. The van der Waals surface area contributed by atoms with E-state index in [1.54, 1.807) is 6.08 Å². The number of aliphatic carboxylic acids is 1. The zero-order chi connectivity index (χ0) is 18.9. The first kappa shape index (κ1) is 20.4. The predicted molar refractivity (Wildman–Crippen MR) is 92.8 cm³/mol. The fraction of sp³-hybridized carbons (Fsp3) is 0.842. The smallest absolute Gasteiger partial charge is 0.327 e. The van der Waals surface area contributed by atoms with Crippen molar-refractivity contribution >= 4 is 5.97 Å². The van der Waals surface area contributed by atoms with Crippen molar-refractivity contribution in [2.24, 2.45) is 23.7 Å². The molecular formula is C19H32O6. The first-order chi connectivity index (χ1) is 11.6. The Morgan fingerprint density at radius 2 is 1.92 bits per heavy atom. The lowest BCUT2D eigenvalue weighted by atomic mass is 9.73. The van der Waals surface area contributed by atoms with Crippen LogP contribution < -0.4 is 0 Å². The first-order valence-electron chi connectivity index (χ1n) is 9.25. The maximum Gasteiger partial charge on any atom is 0.327 e. The summed E-state index contributed by atoms with van der Waals surface area (Å²) < 4.78 is 12.6. The second-order valence-electron chi connectivity index (χ2n) is 7.76. The minimum atomic E-state index is -1.05. The van der Waals surface area contributed by atoms with Gasteiger partial charge in [0.1, 0.15) is 0 Å². The Kier molecular flexibility index (Phi) is 6.30. The molecule has 1 spiro atoms. The molecule has 2 fully saturated rings. The zero-order valence-electron chi connectivity index (χ0n) is 15.8. The molecule has 3 N–H and O–H groups in total. The molecule has 0 aliphatic carbocycles. The summed E-state index contributed by atoms with van der Waals surface area (Å²) in [6.07, 6.45) is 2.03. The third-order valence-electron chi connectivity index (χ3n) is 6.11. The van der Waals surface area contributed by atoms with Crippen molar-refractivity contribution in [1.82, 2.24) is 0 Å². The third-order valence-corrected chi connectivity index (χ3v) is 6.11. The number of carbonyl (C=O) groups is 1. The van der Waals surface area contributed by atoms with E-state index >= 15 is 0 Å². The maximum absolute atomic E-state index is 10.8. The average molecular weight is 356 g/mol. The fourth-order valence-corrected chi connectivity index (χ4v) is 4.46. The number of rotatable bonds is 4. The lowest BCUT2D eigenvalue weighted by Gasteiger charge is -2.56. The highest BCUT2D eigenvalue weighted by Gasteiger charge is 2.57. The van der Waals surface area contributed by atoms with Crippen molar-refractivity contribution in [1.29, 1.82) is 0 Å². The summed E-state index contributed by atoms with van der Waals surface area (Å²) in [6, 6.07) is 0. The van der Waals surface area contributed by atoms with Crippen LogP contribution in [-0.4, -0.2) is 51.5 Å². The van der Waals surface area contributed by atoms with Gasteiger partial charge in [0.05, 0.1) is 24.4 Å². The molecule has 0 aromatic heterocycles. The van der Waals surface area contributed by atoms with Gasteiger partial charge >= 0.3 is 5.97 Å². The highest BCUT2D eigenvalue weighted by Crippen LogP contribution is 2.48. The van der Waals surface area contributed by atoms with E-state index in [1.165, 1.54) is 0 Å². The van der Waals surface area contributed by atoms with Gasteiger partial charge in [0.2, 0.25) is 0 Å². The Bertz CT molecular complexity index is 492. The van der Waals surface area contributed by atoms with Crippen LogP contribution in [0.1, 0.15) is 47.5 Å². The van der Waals surface area contributed by atoms with Crippen LogP contribution in [0, 0.1) is 23.7 Å². The van der Waals surface area contributed by atoms with Gasteiger partial charge in [-0.1, -0.05) is 33.8 Å². The summed E-state index contributed by atoms with van der Waals surface area (Å²) in [4.78, 5) is 10.8. The van der Waals surface area contributed by atoms with E-state index in [4.69, 9.17) is 14.6 Å². The van der Waals surface area contributed by atoms with Gasteiger partial charge in [-0.05, 0) is 13.3 Å². The minimum Gasteiger partial charge on any atom is -0.478 e. The van der Waals surface area contributed by atoms with Crippen molar-refractivity contribution in [3.63, 3.8) is 0 Å². The van der Waals surface area contributed by atoms with Crippen molar-refractivity contribution in [2.75, 3.05) is 0 Å². The molecule has 0 saturated carbocycles. The Hall–Kier alpha value is -0.950. The Balaban J connectivity index is 2.28. The number of aliphatic hydroxyl groups excluding tert-OH is 2. The van der Waals surface area contributed by atoms with Gasteiger partial charge in [-0.25, -0.2) is 4.79 Å². The molecule has 25 heavy (non-hydrogen) atoms. The van der Waals surface area contributed by atoms with E-state index < -0.39 is 24.0 Å². The molecule has 2 saturated heterocycles. The molecule has 144 valence electrons. The standard InChI is InChI=1S/C19H32O6/c1-6-14-13(5)24-19(9-15(14)20)12(4)17(23)11(3)18(25-19)10(2)7-8-16(21)22/h7-8,10-15,17-18,20,23H,6,9H2,1-5H3,(H,21,22)/b8-7+/t10-,11-,12-,13+,14+,15+,17+,18-,19-/m0/s1. The zero-order valence-corrected chi connectivity index (χ0v) is 15.8. The van der Waals surface area contributed by atoms with E-state index in [-0.39, 0.29) is 35.9 Å². The number of hydrogen-bond acceptors (Lipinski definition) is 5. The minimum absolute atomic E-state index is 0.0423. The normalized spacial score (nSPS) is 46.4. The molecule has 0 amide bonds. The van der Waals surface area contributed by atoms with Crippen molar-refractivity contribution in [2.45, 2.75) is 77.7 Å². The van der Waals surface area contributed by atoms with Crippen LogP contribution in [0.2, 0.25) is 0 Å². The topological polar surface area (TPSA) is 96.2 Å². The largest absolute Gasteiger partial charge is 0.478 e. The fourth-order valence-electron chi connectivity index (χ4n) is 4.46. The van der Waals surface area contributed by atoms with Crippen LogP contribution in [0.5, 0.6) is 0 Å². The summed E-state index contributed by atoms with van der Waals surface area (Å²) in [6.45, 7) is 9.62. The average Bonchev–Trinajstić information content (AvgIpc) is 2.54. The SMILES string of the molecule is CC[C@H]1[C@H](O)C[C@@]2(O[C@@H]([C@@H](C)/C=C/C(=O)O)[C@@H](C)[C@@H](O)[C@@H]2C)O[C@@H]1C. The Labute approximate surface area is 149 Å². The molecule has 9 atom stereocenters. The van der Waals surface area contributed by atoms with E-state index in [0.29, 0.717) is 6.42 Å². The highest BCUT2D eigenvalue weighted by atomic mass is 16.7. The number of aliphatic hydroxyl groups is 2. The number of carboxylic acid groups (broad SMARTS) is 1. The Morgan fingerprint density at radius 3 is 2.44 bits per heavy atom. The van der Waals surface area contributed by atoms with Crippen LogP contribution in [0.25, 0.3) is 0 Å². The van der Waals surface area contributed by atoms with Gasteiger partial charge < -0.3 is 24.8 Å². The molecule has 0 bridgehead atoms. The molecule has 0 radical (unpaired) electrons. The summed E-state index contributed by atoms with van der Waals surface area (Å²) >= 11 is 0. The molecule has 0 unspecified atom stereocenters. The number of hydrogen-bond donors (Lipinski definition) is 3. The molecule has 2 aliphatic rings. The summed E-state index contributed by atoms with van der Waals surface area (Å²) in [7, 11) is 0.